The van der Waals surface area contributed by atoms with Crippen LogP contribution in [-0.4, -0.2) is 46.7 Å². The Morgan fingerprint density at radius 3 is 2.86 bits per heavy atom. The van der Waals surface area contributed by atoms with Crippen molar-refractivity contribution in [3.8, 4) is 0 Å². The molecule has 3 rings (SSSR count). The molecule has 0 bridgehead atoms. The van der Waals surface area contributed by atoms with Crippen molar-refractivity contribution in [1.82, 2.24) is 14.5 Å². The second-order valence-electron chi connectivity index (χ2n) is 6.17. The van der Waals surface area contributed by atoms with Crippen LogP contribution in [-0.2, 0) is 27.4 Å². The number of amides is 1. The minimum Gasteiger partial charge on any atom is -0.378 e. The normalized spacial score (nSPS) is 22.1. The lowest BCUT2D eigenvalue weighted by Crippen LogP contribution is -2.43. The third-order valence-electron chi connectivity index (χ3n) is 4.73. The van der Waals surface area contributed by atoms with Gasteiger partial charge in [0.25, 0.3) is 0 Å². The molecule has 0 radical (unpaired) electrons. The number of imidazole rings is 1. The predicted octanol–water partition coefficient (Wildman–Crippen LogP) is 1.89. The van der Waals surface area contributed by atoms with Gasteiger partial charge in [0.1, 0.15) is 12.4 Å². The third-order valence-corrected chi connectivity index (χ3v) is 4.73. The highest BCUT2D eigenvalue weighted by molar-refractivity contribution is 5.78. The van der Waals surface area contributed by atoms with Crippen molar-refractivity contribution < 1.29 is 14.3 Å². The summed E-state index contributed by atoms with van der Waals surface area (Å²) in [5.41, 5.74) is 1.07. The molecule has 1 aliphatic heterocycles. The maximum Gasteiger partial charge on any atom is 0.249 e. The minimum atomic E-state index is -0.0148. The molecule has 1 atom stereocenters. The molecule has 122 valence electrons. The zero-order valence-electron chi connectivity index (χ0n) is 13.5. The Morgan fingerprint density at radius 2 is 2.14 bits per heavy atom. The van der Waals surface area contributed by atoms with Crippen LogP contribution in [0.4, 0.5) is 0 Å². The van der Waals surface area contributed by atoms with Crippen LogP contribution in [0.25, 0.3) is 0 Å². The molecule has 1 aromatic heterocycles. The van der Waals surface area contributed by atoms with E-state index in [1.165, 1.54) is 12.8 Å². The molecule has 1 amide bonds. The fourth-order valence-electron chi connectivity index (χ4n) is 3.49. The van der Waals surface area contributed by atoms with Crippen LogP contribution in [0.2, 0.25) is 0 Å². The van der Waals surface area contributed by atoms with Crippen LogP contribution in [0.15, 0.2) is 6.20 Å². The van der Waals surface area contributed by atoms with Gasteiger partial charge < -0.3 is 18.9 Å². The van der Waals surface area contributed by atoms with E-state index < -0.39 is 0 Å². The van der Waals surface area contributed by atoms with Gasteiger partial charge in [0, 0.05) is 20.2 Å². The largest absolute Gasteiger partial charge is 0.378 e. The minimum absolute atomic E-state index is 0.0148. The highest BCUT2D eigenvalue weighted by atomic mass is 16.5. The fraction of sp³-hybridized carbons (Fsp3) is 0.750. The van der Waals surface area contributed by atoms with Gasteiger partial charge in [-0.05, 0) is 19.8 Å². The van der Waals surface area contributed by atoms with Gasteiger partial charge in [0.2, 0.25) is 5.91 Å². The molecule has 1 aliphatic carbocycles. The van der Waals surface area contributed by atoms with Crippen molar-refractivity contribution in [2.75, 3.05) is 20.3 Å². The molecule has 2 aliphatic rings. The number of aromatic nitrogens is 2. The van der Waals surface area contributed by atoms with Crippen LogP contribution in [0.1, 0.15) is 50.2 Å². The quantitative estimate of drug-likeness (QED) is 0.833. The number of nitrogens with zero attached hydrogens (tertiary/aromatic N) is 3. The van der Waals surface area contributed by atoms with E-state index in [4.69, 9.17) is 9.47 Å². The molecule has 1 saturated carbocycles. The Kier molecular flexibility index (Phi) is 4.78. The van der Waals surface area contributed by atoms with Gasteiger partial charge in [-0.25, -0.2) is 4.98 Å². The number of rotatable bonds is 5. The summed E-state index contributed by atoms with van der Waals surface area (Å²) in [6, 6.07) is -0.0148. The number of carbonyl (C=O) groups is 1. The Morgan fingerprint density at radius 1 is 1.36 bits per heavy atom. The fourth-order valence-corrected chi connectivity index (χ4v) is 3.49. The zero-order valence-corrected chi connectivity index (χ0v) is 13.5. The lowest BCUT2D eigenvalue weighted by molar-refractivity contribution is -0.141. The first kappa shape index (κ1) is 15.5. The average molecular weight is 307 g/mol. The second-order valence-corrected chi connectivity index (χ2v) is 6.17. The molecular weight excluding hydrogens is 282 g/mol. The van der Waals surface area contributed by atoms with E-state index in [1.807, 2.05) is 18.0 Å². The van der Waals surface area contributed by atoms with E-state index in [9.17, 15) is 4.79 Å². The summed E-state index contributed by atoms with van der Waals surface area (Å²) in [5.74, 6) is 1.01. The first-order chi connectivity index (χ1) is 10.7. The molecule has 2 heterocycles. The molecule has 0 saturated heterocycles. The van der Waals surface area contributed by atoms with Gasteiger partial charge in [-0.2, -0.15) is 0 Å². The summed E-state index contributed by atoms with van der Waals surface area (Å²) in [4.78, 5) is 18.8. The van der Waals surface area contributed by atoms with E-state index in [2.05, 4.69) is 9.55 Å². The Bertz CT molecular complexity index is 523. The van der Waals surface area contributed by atoms with Crippen molar-refractivity contribution >= 4 is 5.91 Å². The van der Waals surface area contributed by atoms with E-state index >= 15 is 0 Å². The summed E-state index contributed by atoms with van der Waals surface area (Å²) in [5, 5.41) is 0. The van der Waals surface area contributed by atoms with Crippen LogP contribution >= 0.6 is 0 Å². The average Bonchev–Trinajstić information content (AvgIpc) is 3.16. The van der Waals surface area contributed by atoms with Gasteiger partial charge in [0.15, 0.2) is 0 Å². The molecule has 0 spiro atoms. The van der Waals surface area contributed by atoms with Crippen LogP contribution < -0.4 is 0 Å². The SMILES string of the molecule is COCc1cnc2n1CCN(C(=O)COC1CCCC1)[C@@H]2C. The van der Waals surface area contributed by atoms with Crippen LogP contribution in [0.5, 0.6) is 0 Å². The zero-order chi connectivity index (χ0) is 15.5. The Hall–Kier alpha value is -1.40. The molecule has 0 aromatic carbocycles. The van der Waals surface area contributed by atoms with Crippen molar-refractivity contribution in [3.63, 3.8) is 0 Å². The summed E-state index contributed by atoms with van der Waals surface area (Å²) >= 11 is 0. The number of ether oxygens (including phenoxy) is 2. The number of methoxy groups -OCH3 is 1. The summed E-state index contributed by atoms with van der Waals surface area (Å²) in [6.45, 7) is 4.25. The smallest absolute Gasteiger partial charge is 0.249 e. The molecule has 0 N–H and O–H groups in total. The van der Waals surface area contributed by atoms with Crippen LogP contribution in [0.3, 0.4) is 0 Å². The van der Waals surface area contributed by atoms with Crippen molar-refractivity contribution in [2.24, 2.45) is 0 Å². The van der Waals surface area contributed by atoms with E-state index in [-0.39, 0.29) is 24.7 Å². The van der Waals surface area contributed by atoms with E-state index in [1.54, 1.807) is 7.11 Å². The summed E-state index contributed by atoms with van der Waals surface area (Å²) in [6.07, 6.45) is 6.75. The maximum absolute atomic E-state index is 12.4. The molecular formula is C16H25N3O3. The van der Waals surface area contributed by atoms with Crippen molar-refractivity contribution in [2.45, 2.75) is 57.9 Å². The van der Waals surface area contributed by atoms with Crippen molar-refractivity contribution in [1.29, 1.82) is 0 Å². The van der Waals surface area contributed by atoms with Gasteiger partial charge in [-0.3, -0.25) is 4.79 Å². The van der Waals surface area contributed by atoms with Crippen molar-refractivity contribution in [3.05, 3.63) is 17.7 Å². The number of hydrogen-bond acceptors (Lipinski definition) is 4. The first-order valence-electron chi connectivity index (χ1n) is 8.15. The lowest BCUT2D eigenvalue weighted by Gasteiger charge is -2.34. The molecule has 22 heavy (non-hydrogen) atoms. The van der Waals surface area contributed by atoms with E-state index in [0.29, 0.717) is 13.2 Å². The predicted molar refractivity (Wildman–Crippen MR) is 81.3 cm³/mol. The Balaban J connectivity index is 1.61. The van der Waals surface area contributed by atoms with E-state index in [0.717, 1.165) is 30.9 Å². The third kappa shape index (κ3) is 3.03. The van der Waals surface area contributed by atoms with Gasteiger partial charge in [0.05, 0.1) is 30.6 Å². The molecule has 1 fully saturated rings. The summed E-state index contributed by atoms with van der Waals surface area (Å²) < 4.78 is 13.1. The first-order valence-corrected chi connectivity index (χ1v) is 8.15. The summed E-state index contributed by atoms with van der Waals surface area (Å²) in [7, 11) is 1.68. The lowest BCUT2D eigenvalue weighted by atomic mass is 10.2. The molecule has 6 nitrogen and oxygen atoms in total. The molecule has 1 aromatic rings. The van der Waals surface area contributed by atoms with Crippen LogP contribution in [0, 0.1) is 0 Å². The topological polar surface area (TPSA) is 56.6 Å². The molecule has 6 heteroatoms. The maximum atomic E-state index is 12.4. The van der Waals surface area contributed by atoms with Gasteiger partial charge >= 0.3 is 0 Å². The number of carbonyl (C=O) groups excluding carboxylic acids is 1. The standard InChI is InChI=1S/C16H25N3O3/c1-12-16-17-9-13(10-21-2)19(16)8-7-18(12)15(20)11-22-14-5-3-4-6-14/h9,12,14H,3-8,10-11H2,1-2H3/t12-/m1/s1. The second kappa shape index (κ2) is 6.79. The number of hydrogen-bond donors (Lipinski definition) is 0. The Labute approximate surface area is 131 Å². The molecule has 0 unspecified atom stereocenters. The highest BCUT2D eigenvalue weighted by Crippen LogP contribution is 2.26. The number of fused-ring (bicyclic) bond motifs is 1. The van der Waals surface area contributed by atoms with Gasteiger partial charge in [-0.15, -0.1) is 0 Å². The highest BCUT2D eigenvalue weighted by Gasteiger charge is 2.30. The monoisotopic (exact) mass is 307 g/mol. The van der Waals surface area contributed by atoms with Gasteiger partial charge in [-0.1, -0.05) is 12.8 Å².